The van der Waals surface area contributed by atoms with Gasteiger partial charge in [0.1, 0.15) is 5.82 Å². The zero-order valence-electron chi connectivity index (χ0n) is 15.0. The molecule has 3 aromatic rings. The number of nitrogens with one attached hydrogen (secondary N) is 1. The van der Waals surface area contributed by atoms with E-state index in [1.807, 2.05) is 37.5 Å². The lowest BCUT2D eigenvalue weighted by atomic mass is 9.76. The molecule has 0 unspecified atom stereocenters. The minimum absolute atomic E-state index is 0.318. The third-order valence-electron chi connectivity index (χ3n) is 5.40. The number of fused-ring (bicyclic) bond motifs is 1. The van der Waals surface area contributed by atoms with E-state index in [0.29, 0.717) is 27.8 Å². The van der Waals surface area contributed by atoms with Crippen molar-refractivity contribution in [3.63, 3.8) is 0 Å². The van der Waals surface area contributed by atoms with Gasteiger partial charge in [-0.15, -0.1) is 0 Å². The fraction of sp³-hybridized carbons (Fsp3) is 0.227. The van der Waals surface area contributed by atoms with Crippen molar-refractivity contribution in [1.29, 1.82) is 0 Å². The number of aromatic nitrogens is 1. The second kappa shape index (κ2) is 7.51. The van der Waals surface area contributed by atoms with Gasteiger partial charge in [-0.05, 0) is 72.5 Å². The quantitative estimate of drug-likeness (QED) is 0.584. The van der Waals surface area contributed by atoms with E-state index in [0.717, 1.165) is 24.0 Å². The van der Waals surface area contributed by atoms with Gasteiger partial charge in [0.05, 0.1) is 10.0 Å². The Balaban J connectivity index is 1.78. The molecule has 0 radical (unpaired) electrons. The van der Waals surface area contributed by atoms with Crippen LogP contribution >= 0.6 is 23.2 Å². The van der Waals surface area contributed by atoms with Crippen molar-refractivity contribution in [2.24, 2.45) is 0 Å². The van der Waals surface area contributed by atoms with Crippen LogP contribution in [0.2, 0.25) is 10.0 Å². The molecule has 2 aromatic carbocycles. The molecule has 0 saturated carbocycles. The first-order valence-corrected chi connectivity index (χ1v) is 9.80. The normalized spacial score (nSPS) is 18.9. The van der Waals surface area contributed by atoms with Crippen molar-refractivity contribution in [2.45, 2.75) is 24.8 Å². The monoisotopic (exact) mass is 397 g/mol. The summed E-state index contributed by atoms with van der Waals surface area (Å²) in [6.45, 7) is 0. The van der Waals surface area contributed by atoms with Crippen LogP contribution in [0.15, 0.2) is 54.7 Å². The third-order valence-corrected chi connectivity index (χ3v) is 6.13. The highest BCUT2D eigenvalue weighted by Crippen LogP contribution is 2.43. The van der Waals surface area contributed by atoms with Crippen molar-refractivity contribution < 1.29 is 0 Å². The van der Waals surface area contributed by atoms with Crippen LogP contribution in [0.4, 0.5) is 5.82 Å². The number of halogens is 2. The Morgan fingerprint density at radius 3 is 2.44 bits per heavy atom. The molecule has 0 bridgehead atoms. The van der Waals surface area contributed by atoms with Crippen molar-refractivity contribution in [2.75, 3.05) is 12.8 Å². The van der Waals surface area contributed by atoms with Gasteiger partial charge in [0.2, 0.25) is 0 Å². The highest BCUT2D eigenvalue weighted by Gasteiger charge is 2.28. The molecule has 0 spiro atoms. The standard InChI is InChI=1S/C22H21Cl2N3/c1-26-21-8-6-16(14-3-7-19(23)20(24)11-14)17-5-2-13(10-18(17)21)15-4-9-22(25)27-12-15/h2-5,7,9-12,16,21,26H,6,8H2,1H3,(H2,25,27)/t16-,21-/m0/s1. The molecule has 1 aliphatic carbocycles. The molecule has 3 nitrogen and oxygen atoms in total. The molecular formula is C22H21Cl2N3. The maximum absolute atomic E-state index is 6.27. The van der Waals surface area contributed by atoms with Gasteiger partial charge in [0.15, 0.2) is 0 Å². The lowest BCUT2D eigenvalue weighted by Crippen LogP contribution is -2.24. The first-order chi connectivity index (χ1) is 13.1. The Kier molecular flexibility index (Phi) is 5.09. The topological polar surface area (TPSA) is 50.9 Å². The first-order valence-electron chi connectivity index (χ1n) is 9.05. The van der Waals surface area contributed by atoms with Gasteiger partial charge in [-0.25, -0.2) is 4.98 Å². The molecular weight excluding hydrogens is 377 g/mol. The predicted octanol–water partition coefficient (Wildman–Crippen LogP) is 5.82. The van der Waals surface area contributed by atoms with Crippen LogP contribution in [-0.2, 0) is 0 Å². The molecule has 1 heterocycles. The van der Waals surface area contributed by atoms with Crippen LogP contribution in [0.3, 0.4) is 0 Å². The second-order valence-corrected chi connectivity index (χ2v) is 7.77. The minimum atomic E-state index is 0.318. The molecule has 3 N–H and O–H groups in total. The van der Waals surface area contributed by atoms with E-state index in [4.69, 9.17) is 28.9 Å². The summed E-state index contributed by atoms with van der Waals surface area (Å²) in [7, 11) is 2.02. The van der Waals surface area contributed by atoms with Crippen molar-refractivity contribution >= 4 is 29.0 Å². The summed E-state index contributed by atoms with van der Waals surface area (Å²) >= 11 is 12.4. The Hall–Kier alpha value is -2.07. The maximum atomic E-state index is 6.27. The number of hydrogen-bond acceptors (Lipinski definition) is 3. The summed E-state index contributed by atoms with van der Waals surface area (Å²) in [5, 5.41) is 4.66. The number of pyridine rings is 1. The van der Waals surface area contributed by atoms with Crippen LogP contribution in [0.5, 0.6) is 0 Å². The molecule has 1 aromatic heterocycles. The molecule has 0 fully saturated rings. The van der Waals surface area contributed by atoms with Gasteiger partial charge < -0.3 is 11.1 Å². The van der Waals surface area contributed by atoms with Crippen molar-refractivity contribution in [3.8, 4) is 11.1 Å². The molecule has 0 amide bonds. The van der Waals surface area contributed by atoms with Crippen LogP contribution in [0.25, 0.3) is 11.1 Å². The molecule has 4 rings (SSSR count). The molecule has 1 aliphatic rings. The molecule has 27 heavy (non-hydrogen) atoms. The fourth-order valence-corrected chi connectivity index (χ4v) is 4.28. The third kappa shape index (κ3) is 3.55. The zero-order chi connectivity index (χ0) is 19.0. The van der Waals surface area contributed by atoms with E-state index in [9.17, 15) is 0 Å². The van der Waals surface area contributed by atoms with E-state index < -0.39 is 0 Å². The summed E-state index contributed by atoms with van der Waals surface area (Å²) < 4.78 is 0. The van der Waals surface area contributed by atoms with E-state index in [1.165, 1.54) is 16.7 Å². The Labute approximate surface area is 169 Å². The van der Waals surface area contributed by atoms with Crippen molar-refractivity contribution in [1.82, 2.24) is 10.3 Å². The van der Waals surface area contributed by atoms with Crippen LogP contribution < -0.4 is 11.1 Å². The SMILES string of the molecule is CN[C@H]1CC[C@@H](c2ccc(Cl)c(Cl)c2)c2ccc(-c3ccc(N)nc3)cc21. The number of benzene rings is 2. The number of nitrogens with zero attached hydrogens (tertiary/aromatic N) is 1. The maximum Gasteiger partial charge on any atom is 0.123 e. The van der Waals surface area contributed by atoms with E-state index in [1.54, 1.807) is 0 Å². The Bertz CT molecular complexity index is 970. The lowest BCUT2D eigenvalue weighted by Gasteiger charge is -2.32. The van der Waals surface area contributed by atoms with Gasteiger partial charge in [0.25, 0.3) is 0 Å². The largest absolute Gasteiger partial charge is 0.384 e. The number of hydrogen-bond donors (Lipinski definition) is 2. The highest BCUT2D eigenvalue weighted by molar-refractivity contribution is 6.42. The van der Waals surface area contributed by atoms with Gasteiger partial charge in [0, 0.05) is 23.7 Å². The zero-order valence-corrected chi connectivity index (χ0v) is 16.6. The molecule has 2 atom stereocenters. The van der Waals surface area contributed by atoms with E-state index in [-0.39, 0.29) is 0 Å². The number of nitrogen functional groups attached to an aromatic ring is 1. The Morgan fingerprint density at radius 1 is 0.926 bits per heavy atom. The van der Waals surface area contributed by atoms with E-state index in [2.05, 4.69) is 34.6 Å². The minimum Gasteiger partial charge on any atom is -0.384 e. The molecule has 0 aliphatic heterocycles. The van der Waals surface area contributed by atoms with E-state index >= 15 is 0 Å². The fourth-order valence-electron chi connectivity index (χ4n) is 3.97. The summed E-state index contributed by atoms with van der Waals surface area (Å²) in [5.74, 6) is 0.849. The highest BCUT2D eigenvalue weighted by atomic mass is 35.5. The first kappa shape index (κ1) is 18.3. The molecule has 138 valence electrons. The number of anilines is 1. The average Bonchev–Trinajstić information content (AvgIpc) is 2.69. The van der Waals surface area contributed by atoms with Gasteiger partial charge in [-0.2, -0.15) is 0 Å². The summed E-state index contributed by atoms with van der Waals surface area (Å²) in [6, 6.07) is 16.8. The summed E-state index contributed by atoms with van der Waals surface area (Å²) in [5.41, 5.74) is 11.8. The van der Waals surface area contributed by atoms with Crippen LogP contribution in [0, 0.1) is 0 Å². The summed E-state index contributed by atoms with van der Waals surface area (Å²) in [6.07, 6.45) is 3.96. The smallest absolute Gasteiger partial charge is 0.123 e. The second-order valence-electron chi connectivity index (χ2n) is 6.96. The van der Waals surface area contributed by atoms with Gasteiger partial charge >= 0.3 is 0 Å². The average molecular weight is 398 g/mol. The molecule has 0 saturated heterocycles. The predicted molar refractivity (Wildman–Crippen MR) is 113 cm³/mol. The van der Waals surface area contributed by atoms with Crippen LogP contribution in [-0.4, -0.2) is 12.0 Å². The van der Waals surface area contributed by atoms with Gasteiger partial charge in [-0.1, -0.05) is 41.4 Å². The number of nitrogens with two attached hydrogens (primary N) is 1. The molecule has 5 heteroatoms. The Morgan fingerprint density at radius 2 is 1.74 bits per heavy atom. The van der Waals surface area contributed by atoms with Gasteiger partial charge in [-0.3, -0.25) is 0 Å². The number of rotatable bonds is 3. The van der Waals surface area contributed by atoms with Crippen molar-refractivity contribution in [3.05, 3.63) is 81.5 Å². The lowest BCUT2D eigenvalue weighted by molar-refractivity contribution is 0.471. The van der Waals surface area contributed by atoms with Crippen LogP contribution in [0.1, 0.15) is 41.5 Å². The summed E-state index contributed by atoms with van der Waals surface area (Å²) in [4.78, 5) is 4.22.